The van der Waals surface area contributed by atoms with Gasteiger partial charge in [-0.3, -0.25) is 0 Å². The van der Waals surface area contributed by atoms with E-state index in [4.69, 9.17) is 0 Å². The molecule has 0 radical (unpaired) electrons. The molecule has 0 bridgehead atoms. The van der Waals surface area contributed by atoms with E-state index in [9.17, 15) is 0 Å². The van der Waals surface area contributed by atoms with Crippen LogP contribution in [0.5, 0.6) is 0 Å². The minimum atomic E-state index is 1.02. The van der Waals surface area contributed by atoms with Crippen molar-refractivity contribution in [1.29, 1.82) is 0 Å². The summed E-state index contributed by atoms with van der Waals surface area (Å²) in [7, 11) is 0. The third-order valence-corrected chi connectivity index (χ3v) is 12.0. The van der Waals surface area contributed by atoms with Gasteiger partial charge in [0.15, 0.2) is 0 Å². The van der Waals surface area contributed by atoms with Crippen molar-refractivity contribution in [2.45, 2.75) is 0 Å². The van der Waals surface area contributed by atoms with Crippen molar-refractivity contribution < 1.29 is 0 Å². The molecule has 11 aromatic rings. The van der Waals surface area contributed by atoms with Crippen LogP contribution < -0.4 is 10.6 Å². The third-order valence-electron chi connectivity index (χ3n) is 12.0. The molecular formula is C60H43N3. The van der Waals surface area contributed by atoms with Crippen LogP contribution >= 0.6 is 0 Å². The van der Waals surface area contributed by atoms with Crippen LogP contribution in [0.2, 0.25) is 0 Å². The normalized spacial score (nSPS) is 11.2. The predicted octanol–water partition coefficient (Wildman–Crippen LogP) is 16.6. The van der Waals surface area contributed by atoms with Crippen LogP contribution in [0.4, 0.5) is 22.7 Å². The average molecular weight is 806 g/mol. The molecule has 0 aliphatic carbocycles. The molecule has 0 aliphatic rings. The van der Waals surface area contributed by atoms with Gasteiger partial charge in [-0.2, -0.15) is 0 Å². The first-order valence-electron chi connectivity index (χ1n) is 21.5. The summed E-state index contributed by atoms with van der Waals surface area (Å²) in [5.74, 6) is 0. The van der Waals surface area contributed by atoms with Crippen LogP contribution in [0.1, 0.15) is 0 Å². The Balaban J connectivity index is 1.07. The first kappa shape index (κ1) is 37.6. The molecule has 1 aromatic heterocycles. The van der Waals surface area contributed by atoms with Gasteiger partial charge in [0.05, 0.1) is 16.7 Å². The van der Waals surface area contributed by atoms with Gasteiger partial charge in [0.25, 0.3) is 0 Å². The highest BCUT2D eigenvalue weighted by Gasteiger charge is 2.19. The number of rotatable bonds is 10. The van der Waals surface area contributed by atoms with E-state index in [0.717, 1.165) is 61.8 Å². The van der Waals surface area contributed by atoms with E-state index in [1.54, 1.807) is 0 Å². The lowest BCUT2D eigenvalue weighted by Crippen LogP contribution is -2.00. The number of anilines is 4. The van der Waals surface area contributed by atoms with Crippen molar-refractivity contribution in [2.24, 2.45) is 0 Å². The quantitative estimate of drug-likeness (QED) is 0.144. The van der Waals surface area contributed by atoms with E-state index in [1.165, 1.54) is 44.1 Å². The van der Waals surface area contributed by atoms with Crippen molar-refractivity contribution >= 4 is 44.6 Å². The standard InChI is InChI=1S/C60H43N3/c1-5-17-42(18-6-1)44-31-35-50(36-32-44)61-57-37-33-47(40-55(57)54-29-16-28-52(45-21-9-3-10-22-45)60(54)62-49-24-11-4-12-25-49)48-34-38-59-56(41-48)53-27-13-14-30-58(53)63(59)51-26-15-23-46(39-51)43-19-7-2-8-20-43/h1-41,61-62H. The van der Waals surface area contributed by atoms with E-state index in [0.29, 0.717) is 0 Å². The highest BCUT2D eigenvalue weighted by atomic mass is 15.0. The Morgan fingerprint density at radius 2 is 0.778 bits per heavy atom. The topological polar surface area (TPSA) is 29.0 Å². The van der Waals surface area contributed by atoms with Gasteiger partial charge in [0, 0.05) is 50.2 Å². The summed E-state index contributed by atoms with van der Waals surface area (Å²) in [5.41, 5.74) is 19.2. The molecule has 298 valence electrons. The number of aromatic nitrogens is 1. The molecule has 0 aliphatic heterocycles. The Hall–Kier alpha value is -8.40. The molecule has 0 amide bonds. The molecule has 63 heavy (non-hydrogen) atoms. The van der Waals surface area contributed by atoms with Gasteiger partial charge in [-0.1, -0.05) is 182 Å². The largest absolute Gasteiger partial charge is 0.355 e. The van der Waals surface area contributed by atoms with Gasteiger partial charge in [0.1, 0.15) is 0 Å². The SMILES string of the molecule is c1ccc(Nc2c(-c3ccccc3)cccc2-c2cc(-c3ccc4c(c3)c3ccccc3n4-c3cccc(-c4ccccc4)c3)ccc2Nc2ccc(-c3ccccc3)cc2)cc1. The van der Waals surface area contributed by atoms with Crippen molar-refractivity contribution in [1.82, 2.24) is 4.57 Å². The summed E-state index contributed by atoms with van der Waals surface area (Å²) in [5, 5.41) is 10.1. The molecule has 0 atom stereocenters. The molecule has 2 N–H and O–H groups in total. The predicted molar refractivity (Wildman–Crippen MR) is 267 cm³/mol. The molecule has 0 unspecified atom stereocenters. The number of hydrogen-bond acceptors (Lipinski definition) is 2. The zero-order valence-corrected chi connectivity index (χ0v) is 34.6. The van der Waals surface area contributed by atoms with Gasteiger partial charge >= 0.3 is 0 Å². The van der Waals surface area contributed by atoms with Crippen molar-refractivity contribution in [3.8, 4) is 61.3 Å². The minimum absolute atomic E-state index is 1.02. The first-order valence-corrected chi connectivity index (χ1v) is 21.5. The minimum Gasteiger partial charge on any atom is -0.355 e. The van der Waals surface area contributed by atoms with Gasteiger partial charge in [0.2, 0.25) is 0 Å². The number of fused-ring (bicyclic) bond motifs is 3. The molecule has 1 heterocycles. The second-order valence-corrected chi connectivity index (χ2v) is 15.9. The van der Waals surface area contributed by atoms with E-state index in [-0.39, 0.29) is 0 Å². The third kappa shape index (κ3) is 7.43. The Kier molecular flexibility index (Phi) is 9.89. The van der Waals surface area contributed by atoms with Crippen molar-refractivity contribution in [3.05, 3.63) is 249 Å². The fraction of sp³-hybridized carbons (Fsp3) is 0. The highest BCUT2D eigenvalue weighted by Crippen LogP contribution is 2.44. The molecule has 0 saturated heterocycles. The van der Waals surface area contributed by atoms with E-state index >= 15 is 0 Å². The van der Waals surface area contributed by atoms with E-state index in [1.807, 2.05) is 0 Å². The molecule has 11 rings (SSSR count). The van der Waals surface area contributed by atoms with Gasteiger partial charge < -0.3 is 15.2 Å². The van der Waals surface area contributed by atoms with Crippen LogP contribution in [0.3, 0.4) is 0 Å². The van der Waals surface area contributed by atoms with Crippen molar-refractivity contribution in [3.63, 3.8) is 0 Å². The second kappa shape index (κ2) is 16.6. The number of nitrogens with one attached hydrogen (secondary N) is 2. The zero-order valence-electron chi connectivity index (χ0n) is 34.6. The second-order valence-electron chi connectivity index (χ2n) is 15.9. The number of hydrogen-bond donors (Lipinski definition) is 2. The highest BCUT2D eigenvalue weighted by molar-refractivity contribution is 6.11. The summed E-state index contributed by atoms with van der Waals surface area (Å²) in [4.78, 5) is 0. The van der Waals surface area contributed by atoms with Crippen LogP contribution in [-0.4, -0.2) is 4.57 Å². The van der Waals surface area contributed by atoms with Crippen LogP contribution in [-0.2, 0) is 0 Å². The average Bonchev–Trinajstić information content (AvgIpc) is 3.69. The maximum absolute atomic E-state index is 3.86. The maximum atomic E-state index is 3.86. The summed E-state index contributed by atoms with van der Waals surface area (Å²) in [6.45, 7) is 0. The molecule has 0 fully saturated rings. The van der Waals surface area contributed by atoms with Gasteiger partial charge in [-0.25, -0.2) is 0 Å². The number of nitrogens with zero attached hydrogens (tertiary/aromatic N) is 1. The van der Waals surface area contributed by atoms with Gasteiger partial charge in [-0.15, -0.1) is 0 Å². The molecular weight excluding hydrogens is 763 g/mol. The first-order chi connectivity index (χ1) is 31.2. The number of para-hydroxylation sites is 3. The Bertz CT molecular complexity index is 3350. The lowest BCUT2D eigenvalue weighted by molar-refractivity contribution is 1.18. The van der Waals surface area contributed by atoms with Crippen LogP contribution in [0.15, 0.2) is 249 Å². The Labute approximate surface area is 368 Å². The van der Waals surface area contributed by atoms with Crippen LogP contribution in [0, 0.1) is 0 Å². The Morgan fingerprint density at radius 1 is 0.270 bits per heavy atom. The summed E-state index contributed by atoms with van der Waals surface area (Å²) >= 11 is 0. The molecule has 0 spiro atoms. The lowest BCUT2D eigenvalue weighted by Gasteiger charge is -2.21. The fourth-order valence-electron chi connectivity index (χ4n) is 8.91. The Morgan fingerprint density at radius 3 is 1.52 bits per heavy atom. The summed E-state index contributed by atoms with van der Waals surface area (Å²) < 4.78 is 2.40. The zero-order chi connectivity index (χ0) is 42.0. The summed E-state index contributed by atoms with van der Waals surface area (Å²) in [6, 6.07) is 89.0. The number of benzene rings is 10. The molecule has 0 saturated carbocycles. The van der Waals surface area contributed by atoms with Crippen LogP contribution in [0.25, 0.3) is 83.1 Å². The lowest BCUT2D eigenvalue weighted by atomic mass is 9.92. The maximum Gasteiger partial charge on any atom is 0.0544 e. The summed E-state index contributed by atoms with van der Waals surface area (Å²) in [6.07, 6.45) is 0. The molecule has 3 heteroatoms. The van der Waals surface area contributed by atoms with E-state index < -0.39 is 0 Å². The monoisotopic (exact) mass is 805 g/mol. The fourth-order valence-corrected chi connectivity index (χ4v) is 8.91. The van der Waals surface area contributed by atoms with Gasteiger partial charge in [-0.05, 0) is 106 Å². The van der Waals surface area contributed by atoms with Crippen molar-refractivity contribution in [2.75, 3.05) is 10.6 Å². The smallest absolute Gasteiger partial charge is 0.0544 e. The molecule has 3 nitrogen and oxygen atoms in total. The molecule has 10 aromatic carbocycles. The van der Waals surface area contributed by atoms with E-state index in [2.05, 4.69) is 264 Å².